The average Bonchev–Trinajstić information content (AvgIpc) is 2.79. The molecule has 1 aromatic heterocycles. The summed E-state index contributed by atoms with van der Waals surface area (Å²) in [6.07, 6.45) is 0. The first kappa shape index (κ1) is 13.7. The van der Waals surface area contributed by atoms with Gasteiger partial charge in [-0.2, -0.15) is 23.5 Å². The van der Waals surface area contributed by atoms with Gasteiger partial charge in [0.15, 0.2) is 0 Å². The zero-order chi connectivity index (χ0) is 13.2. The van der Waals surface area contributed by atoms with E-state index in [4.69, 9.17) is 16.6 Å². The van der Waals surface area contributed by atoms with Gasteiger partial charge in [0.1, 0.15) is 5.82 Å². The van der Waals surface area contributed by atoms with Crippen molar-refractivity contribution in [2.45, 2.75) is 24.1 Å². The minimum Gasteiger partial charge on any atom is -0.326 e. The number of aromatic nitrogens is 2. The summed E-state index contributed by atoms with van der Waals surface area (Å²) in [4.78, 5) is 4.69. The smallest absolute Gasteiger partial charge is 0.127 e. The molecule has 2 aromatic rings. The molecule has 1 aliphatic rings. The van der Waals surface area contributed by atoms with Crippen LogP contribution in [0.25, 0.3) is 11.0 Å². The largest absolute Gasteiger partial charge is 0.326 e. The Morgan fingerprint density at radius 3 is 3.00 bits per heavy atom. The van der Waals surface area contributed by atoms with Gasteiger partial charge in [-0.25, -0.2) is 4.98 Å². The third-order valence-corrected chi connectivity index (χ3v) is 6.33. The SMILES string of the molecule is CC(Cl)c1nc2ccccc2n1CC1CSCCS1. The van der Waals surface area contributed by atoms with Gasteiger partial charge in [-0.05, 0) is 19.1 Å². The fourth-order valence-corrected chi connectivity index (χ4v) is 5.25. The lowest BCUT2D eigenvalue weighted by atomic mass is 10.3. The van der Waals surface area contributed by atoms with Crippen LogP contribution in [0.4, 0.5) is 0 Å². The Balaban J connectivity index is 1.97. The van der Waals surface area contributed by atoms with Gasteiger partial charge < -0.3 is 4.57 Å². The van der Waals surface area contributed by atoms with Crippen molar-refractivity contribution in [1.29, 1.82) is 0 Å². The predicted molar refractivity (Wildman–Crippen MR) is 87.6 cm³/mol. The van der Waals surface area contributed by atoms with Gasteiger partial charge in [-0.1, -0.05) is 12.1 Å². The fourth-order valence-electron chi connectivity index (χ4n) is 2.44. The van der Waals surface area contributed by atoms with Crippen molar-refractivity contribution in [3.05, 3.63) is 30.1 Å². The van der Waals surface area contributed by atoms with E-state index in [2.05, 4.69) is 46.3 Å². The van der Waals surface area contributed by atoms with Crippen LogP contribution < -0.4 is 0 Å². The van der Waals surface area contributed by atoms with Crippen molar-refractivity contribution in [1.82, 2.24) is 9.55 Å². The number of imidazole rings is 1. The van der Waals surface area contributed by atoms with E-state index in [1.165, 1.54) is 22.8 Å². The molecular weight excluding hydrogens is 296 g/mol. The highest BCUT2D eigenvalue weighted by Crippen LogP contribution is 2.29. The van der Waals surface area contributed by atoms with E-state index in [9.17, 15) is 0 Å². The number of hydrogen-bond acceptors (Lipinski definition) is 3. The molecule has 2 atom stereocenters. The van der Waals surface area contributed by atoms with E-state index in [-0.39, 0.29) is 5.38 Å². The van der Waals surface area contributed by atoms with Gasteiger partial charge in [0, 0.05) is 29.1 Å². The Kier molecular flexibility index (Phi) is 4.30. The molecule has 3 rings (SSSR count). The Bertz CT molecular complexity index is 562. The maximum atomic E-state index is 6.30. The van der Waals surface area contributed by atoms with Crippen LogP contribution in [-0.4, -0.2) is 32.1 Å². The summed E-state index contributed by atoms with van der Waals surface area (Å²) in [5, 5.41) is 0.624. The topological polar surface area (TPSA) is 17.8 Å². The van der Waals surface area contributed by atoms with Crippen molar-refractivity contribution in [2.24, 2.45) is 0 Å². The summed E-state index contributed by atoms with van der Waals surface area (Å²) in [7, 11) is 0. The summed E-state index contributed by atoms with van der Waals surface area (Å²) in [6, 6.07) is 8.32. The van der Waals surface area contributed by atoms with E-state index in [1.54, 1.807) is 0 Å². The molecule has 1 fully saturated rings. The second-order valence-corrected chi connectivity index (χ2v) is 7.97. The summed E-state index contributed by atoms with van der Waals surface area (Å²) >= 11 is 10.4. The number of alkyl halides is 1. The Morgan fingerprint density at radius 2 is 2.26 bits per heavy atom. The maximum absolute atomic E-state index is 6.30. The molecule has 1 aromatic carbocycles. The molecule has 0 amide bonds. The first-order valence-corrected chi connectivity index (χ1v) is 9.18. The van der Waals surface area contributed by atoms with Crippen LogP contribution in [-0.2, 0) is 6.54 Å². The number of thioether (sulfide) groups is 2. The number of benzene rings is 1. The minimum absolute atomic E-state index is 0.0476. The highest BCUT2D eigenvalue weighted by Gasteiger charge is 2.20. The summed E-state index contributed by atoms with van der Waals surface area (Å²) in [5.74, 6) is 4.77. The lowest BCUT2D eigenvalue weighted by Gasteiger charge is -2.23. The average molecular weight is 313 g/mol. The van der Waals surface area contributed by atoms with E-state index in [0.29, 0.717) is 5.25 Å². The van der Waals surface area contributed by atoms with Gasteiger partial charge in [-0.15, -0.1) is 11.6 Å². The van der Waals surface area contributed by atoms with Crippen LogP contribution in [0.1, 0.15) is 18.1 Å². The molecule has 2 nitrogen and oxygen atoms in total. The lowest BCUT2D eigenvalue weighted by molar-refractivity contribution is 0.667. The first-order chi connectivity index (χ1) is 9.25. The highest BCUT2D eigenvalue weighted by molar-refractivity contribution is 8.06. The van der Waals surface area contributed by atoms with E-state index in [1.807, 2.05) is 13.0 Å². The number of nitrogens with zero attached hydrogens (tertiary/aromatic N) is 2. The molecule has 1 aliphatic heterocycles. The van der Waals surface area contributed by atoms with Crippen molar-refractivity contribution in [2.75, 3.05) is 17.3 Å². The molecule has 0 radical (unpaired) electrons. The molecule has 102 valence electrons. The number of rotatable bonds is 3. The molecule has 0 N–H and O–H groups in total. The van der Waals surface area contributed by atoms with Crippen molar-refractivity contribution >= 4 is 46.2 Å². The third kappa shape index (κ3) is 2.91. The van der Waals surface area contributed by atoms with Crippen LogP contribution in [0.2, 0.25) is 0 Å². The van der Waals surface area contributed by atoms with Gasteiger partial charge in [0.05, 0.1) is 16.4 Å². The fraction of sp³-hybridized carbons (Fsp3) is 0.500. The molecule has 0 saturated carbocycles. The minimum atomic E-state index is -0.0476. The normalized spacial score (nSPS) is 21.7. The summed E-state index contributed by atoms with van der Waals surface area (Å²) in [6.45, 7) is 3.02. The predicted octanol–water partition coefficient (Wildman–Crippen LogP) is 4.18. The summed E-state index contributed by atoms with van der Waals surface area (Å²) in [5.41, 5.74) is 2.26. The second-order valence-electron chi connectivity index (χ2n) is 4.75. The summed E-state index contributed by atoms with van der Waals surface area (Å²) < 4.78 is 2.32. The van der Waals surface area contributed by atoms with Gasteiger partial charge in [-0.3, -0.25) is 0 Å². The monoisotopic (exact) mass is 312 g/mol. The highest BCUT2D eigenvalue weighted by atomic mass is 35.5. The Hall–Kier alpha value is -0.320. The van der Waals surface area contributed by atoms with Crippen LogP contribution in [0.5, 0.6) is 0 Å². The molecule has 1 saturated heterocycles. The molecule has 0 spiro atoms. The lowest BCUT2D eigenvalue weighted by Crippen LogP contribution is -2.21. The molecular formula is C14H17ClN2S2. The second kappa shape index (κ2) is 5.98. The molecule has 19 heavy (non-hydrogen) atoms. The number of halogens is 1. The van der Waals surface area contributed by atoms with Crippen LogP contribution >= 0.6 is 35.1 Å². The Labute approximate surface area is 127 Å². The van der Waals surface area contributed by atoms with Crippen LogP contribution in [0.3, 0.4) is 0 Å². The van der Waals surface area contributed by atoms with E-state index < -0.39 is 0 Å². The molecule has 0 aliphatic carbocycles. The van der Waals surface area contributed by atoms with Crippen molar-refractivity contribution < 1.29 is 0 Å². The standard InChI is InChI=1S/C14H17ClN2S2/c1-10(15)14-16-12-4-2-3-5-13(12)17(14)8-11-9-18-6-7-19-11/h2-5,10-11H,6-9H2,1H3. The number of para-hydroxylation sites is 2. The van der Waals surface area contributed by atoms with E-state index >= 15 is 0 Å². The first-order valence-electron chi connectivity index (χ1n) is 6.54. The van der Waals surface area contributed by atoms with Gasteiger partial charge in [0.2, 0.25) is 0 Å². The van der Waals surface area contributed by atoms with Gasteiger partial charge in [0.25, 0.3) is 0 Å². The quantitative estimate of drug-likeness (QED) is 0.792. The Morgan fingerprint density at radius 1 is 1.42 bits per heavy atom. The van der Waals surface area contributed by atoms with Crippen molar-refractivity contribution in [3.8, 4) is 0 Å². The molecule has 2 unspecified atom stereocenters. The van der Waals surface area contributed by atoms with Crippen molar-refractivity contribution in [3.63, 3.8) is 0 Å². The number of hydrogen-bond donors (Lipinski definition) is 0. The van der Waals surface area contributed by atoms with Crippen LogP contribution in [0, 0.1) is 0 Å². The molecule has 0 bridgehead atoms. The third-order valence-electron chi connectivity index (χ3n) is 3.31. The maximum Gasteiger partial charge on any atom is 0.127 e. The zero-order valence-electron chi connectivity index (χ0n) is 10.9. The number of fused-ring (bicyclic) bond motifs is 1. The van der Waals surface area contributed by atoms with E-state index in [0.717, 1.165) is 17.9 Å². The zero-order valence-corrected chi connectivity index (χ0v) is 13.3. The molecule has 5 heteroatoms. The molecule has 2 heterocycles. The van der Waals surface area contributed by atoms with Gasteiger partial charge >= 0.3 is 0 Å². The van der Waals surface area contributed by atoms with Crippen LogP contribution in [0.15, 0.2) is 24.3 Å².